The summed E-state index contributed by atoms with van der Waals surface area (Å²) in [4.78, 5) is 15.8. The maximum atomic E-state index is 13.6. The lowest BCUT2D eigenvalue weighted by molar-refractivity contribution is -0.118. The minimum absolute atomic E-state index is 0.00700. The van der Waals surface area contributed by atoms with Gasteiger partial charge in [0.1, 0.15) is 23.2 Å². The quantitative estimate of drug-likeness (QED) is 0.786. The average Bonchev–Trinajstić information content (AvgIpc) is 2.95. The number of fused-ring (bicyclic) bond motifs is 1. The fourth-order valence-electron chi connectivity index (χ4n) is 1.99. The Morgan fingerprint density at radius 2 is 2.12 bits per heavy atom. The van der Waals surface area contributed by atoms with Crippen molar-refractivity contribution in [2.24, 2.45) is 0 Å². The maximum absolute atomic E-state index is 13.6. The Bertz CT molecular complexity index is 966. The molecule has 120 valence electrons. The number of carbonyl (C=O) groups excluding carboxylic acids is 1. The van der Waals surface area contributed by atoms with E-state index in [9.17, 15) is 13.6 Å². The number of aromatic nitrogens is 1. The Morgan fingerprint density at radius 3 is 2.92 bits per heavy atom. The van der Waals surface area contributed by atoms with Gasteiger partial charge in [0.25, 0.3) is 5.91 Å². The smallest absolute Gasteiger partial charge is 0.264 e. The van der Waals surface area contributed by atoms with Gasteiger partial charge < -0.3 is 4.74 Å². The van der Waals surface area contributed by atoms with Crippen LogP contribution < -0.4 is 10.1 Å². The lowest BCUT2D eigenvalue weighted by Gasteiger charge is -2.06. The Morgan fingerprint density at radius 1 is 1.33 bits per heavy atom. The average molecular weight is 345 g/mol. The molecule has 24 heavy (non-hydrogen) atoms. The molecule has 0 aliphatic carbocycles. The number of benzene rings is 2. The molecule has 0 aliphatic heterocycles. The third kappa shape index (κ3) is 3.31. The van der Waals surface area contributed by atoms with E-state index in [0.29, 0.717) is 10.3 Å². The monoisotopic (exact) mass is 345 g/mol. The fourth-order valence-corrected chi connectivity index (χ4v) is 2.92. The summed E-state index contributed by atoms with van der Waals surface area (Å²) in [6.45, 7) is -0.342. The van der Waals surface area contributed by atoms with E-state index in [1.165, 1.54) is 0 Å². The first-order chi connectivity index (χ1) is 11.6. The highest BCUT2D eigenvalue weighted by molar-refractivity contribution is 7.22. The minimum Gasteiger partial charge on any atom is -0.482 e. The van der Waals surface area contributed by atoms with Gasteiger partial charge in [-0.25, -0.2) is 13.8 Å². The molecule has 1 heterocycles. The summed E-state index contributed by atoms with van der Waals surface area (Å²) < 4.78 is 32.3. The van der Waals surface area contributed by atoms with Crippen LogP contribution in [0.1, 0.15) is 5.56 Å². The number of hydrogen-bond donors (Lipinski definition) is 1. The Balaban J connectivity index is 1.69. The lowest BCUT2D eigenvalue weighted by Crippen LogP contribution is -2.20. The van der Waals surface area contributed by atoms with Gasteiger partial charge >= 0.3 is 0 Å². The van der Waals surface area contributed by atoms with Crippen molar-refractivity contribution < 1.29 is 18.3 Å². The van der Waals surface area contributed by atoms with Gasteiger partial charge in [-0.15, -0.1) is 0 Å². The van der Waals surface area contributed by atoms with Crippen LogP contribution in [0, 0.1) is 23.0 Å². The van der Waals surface area contributed by atoms with Gasteiger partial charge in [-0.05, 0) is 18.2 Å². The zero-order valence-corrected chi connectivity index (χ0v) is 12.9. The third-order valence-corrected chi connectivity index (χ3v) is 3.94. The van der Waals surface area contributed by atoms with E-state index < -0.39 is 17.5 Å². The van der Waals surface area contributed by atoms with Crippen molar-refractivity contribution in [1.29, 1.82) is 5.26 Å². The highest BCUT2D eigenvalue weighted by atomic mass is 32.1. The standard InChI is InChI=1S/C16H9F2N3O2S/c17-10-5-11(18)15-13(6-10)24-16(21-15)20-14(22)8-23-12-4-2-1-3-9(12)7-19/h1-6H,8H2,(H,20,21,22). The molecular formula is C16H9F2N3O2S. The van der Waals surface area contributed by atoms with Crippen molar-refractivity contribution >= 4 is 32.6 Å². The zero-order chi connectivity index (χ0) is 17.1. The first kappa shape index (κ1) is 15.8. The summed E-state index contributed by atoms with van der Waals surface area (Å²) in [5.41, 5.74) is 0.301. The second-order valence-corrected chi connectivity index (χ2v) is 5.73. The van der Waals surface area contributed by atoms with E-state index in [1.807, 2.05) is 6.07 Å². The summed E-state index contributed by atoms with van der Waals surface area (Å²) in [5, 5.41) is 11.5. The van der Waals surface area contributed by atoms with Crippen LogP contribution in [0.15, 0.2) is 36.4 Å². The van der Waals surface area contributed by atoms with E-state index in [0.717, 1.165) is 23.5 Å². The normalized spacial score (nSPS) is 10.4. The summed E-state index contributed by atoms with van der Waals surface area (Å²) >= 11 is 0.952. The molecule has 1 aromatic heterocycles. The Hall–Kier alpha value is -3.05. The third-order valence-electron chi connectivity index (χ3n) is 3.03. The lowest BCUT2D eigenvalue weighted by atomic mass is 10.2. The number of amides is 1. The zero-order valence-electron chi connectivity index (χ0n) is 12.0. The van der Waals surface area contributed by atoms with Gasteiger partial charge in [0.15, 0.2) is 17.6 Å². The largest absolute Gasteiger partial charge is 0.482 e. The number of ether oxygens (including phenoxy) is 1. The molecule has 0 saturated heterocycles. The molecule has 2 aromatic carbocycles. The van der Waals surface area contributed by atoms with Gasteiger partial charge in [-0.2, -0.15) is 5.26 Å². The van der Waals surface area contributed by atoms with Crippen LogP contribution in [0.5, 0.6) is 5.75 Å². The summed E-state index contributed by atoms with van der Waals surface area (Å²) in [6.07, 6.45) is 0. The predicted molar refractivity (Wildman–Crippen MR) is 84.8 cm³/mol. The number of para-hydroxylation sites is 1. The number of halogens is 2. The van der Waals surface area contributed by atoms with Gasteiger partial charge in [0, 0.05) is 6.07 Å². The molecule has 3 aromatic rings. The fraction of sp³-hybridized carbons (Fsp3) is 0.0625. The van der Waals surface area contributed by atoms with Crippen molar-refractivity contribution in [3.05, 3.63) is 53.6 Å². The molecule has 0 fully saturated rings. The molecule has 1 N–H and O–H groups in total. The SMILES string of the molecule is N#Cc1ccccc1OCC(=O)Nc1nc2c(F)cc(F)cc2s1. The Kier molecular flexibility index (Phi) is 4.35. The van der Waals surface area contributed by atoms with E-state index in [2.05, 4.69) is 10.3 Å². The number of rotatable bonds is 4. The first-order valence-corrected chi connectivity index (χ1v) is 7.56. The summed E-state index contributed by atoms with van der Waals surface area (Å²) in [5.74, 6) is -1.74. The van der Waals surface area contributed by atoms with Crippen LogP contribution in [0.4, 0.5) is 13.9 Å². The second kappa shape index (κ2) is 6.60. The van der Waals surface area contributed by atoms with E-state index in [4.69, 9.17) is 10.00 Å². The number of hydrogen-bond acceptors (Lipinski definition) is 5. The minimum atomic E-state index is -0.791. The molecule has 1 amide bonds. The van der Waals surface area contributed by atoms with Gasteiger partial charge in [-0.3, -0.25) is 10.1 Å². The molecule has 3 rings (SSSR count). The van der Waals surface area contributed by atoms with Crippen LogP contribution in [0.25, 0.3) is 10.2 Å². The summed E-state index contributed by atoms with van der Waals surface area (Å²) in [7, 11) is 0. The highest BCUT2D eigenvalue weighted by Crippen LogP contribution is 2.28. The number of nitriles is 1. The predicted octanol–water partition coefficient (Wildman–Crippen LogP) is 3.46. The molecule has 0 unspecified atom stereocenters. The molecule has 0 radical (unpaired) electrons. The van der Waals surface area contributed by atoms with Crippen LogP contribution >= 0.6 is 11.3 Å². The van der Waals surface area contributed by atoms with Gasteiger partial charge in [0.2, 0.25) is 0 Å². The molecular weight excluding hydrogens is 336 g/mol. The number of anilines is 1. The van der Waals surface area contributed by atoms with Crippen LogP contribution in [-0.4, -0.2) is 17.5 Å². The van der Waals surface area contributed by atoms with Crippen LogP contribution in [0.3, 0.4) is 0 Å². The first-order valence-electron chi connectivity index (χ1n) is 6.74. The molecule has 0 saturated carbocycles. The number of thiazole rings is 1. The molecule has 0 atom stereocenters. The molecule has 0 aliphatic rings. The molecule has 8 heteroatoms. The van der Waals surface area contributed by atoms with Gasteiger partial charge in [0.05, 0.1) is 10.3 Å². The maximum Gasteiger partial charge on any atom is 0.264 e. The van der Waals surface area contributed by atoms with Crippen molar-refractivity contribution in [2.75, 3.05) is 11.9 Å². The number of nitrogens with one attached hydrogen (secondary N) is 1. The highest BCUT2D eigenvalue weighted by Gasteiger charge is 2.13. The van der Waals surface area contributed by atoms with Crippen molar-refractivity contribution in [3.8, 4) is 11.8 Å². The topological polar surface area (TPSA) is 75.0 Å². The van der Waals surface area contributed by atoms with Crippen LogP contribution in [-0.2, 0) is 4.79 Å². The number of carbonyl (C=O) groups is 1. The number of nitrogens with zero attached hydrogens (tertiary/aromatic N) is 2. The van der Waals surface area contributed by atoms with Crippen molar-refractivity contribution in [3.63, 3.8) is 0 Å². The van der Waals surface area contributed by atoms with Gasteiger partial charge in [-0.1, -0.05) is 23.5 Å². The van der Waals surface area contributed by atoms with E-state index in [-0.39, 0.29) is 23.0 Å². The van der Waals surface area contributed by atoms with E-state index >= 15 is 0 Å². The molecule has 5 nitrogen and oxygen atoms in total. The molecule has 0 spiro atoms. The van der Waals surface area contributed by atoms with Crippen molar-refractivity contribution in [2.45, 2.75) is 0 Å². The second-order valence-electron chi connectivity index (χ2n) is 4.70. The summed E-state index contributed by atoms with van der Waals surface area (Å²) in [6, 6.07) is 10.3. The van der Waals surface area contributed by atoms with Crippen LogP contribution in [0.2, 0.25) is 0 Å². The van der Waals surface area contributed by atoms with E-state index in [1.54, 1.807) is 24.3 Å². The molecule has 0 bridgehead atoms. The van der Waals surface area contributed by atoms with Crippen molar-refractivity contribution in [1.82, 2.24) is 4.98 Å². The Labute approximate surface area is 139 Å².